The normalized spacial score (nSPS) is 14.5. The highest BCUT2D eigenvalue weighted by atomic mass is 32.2. The second kappa shape index (κ2) is 12.1. The fraction of sp³-hybridized carbons (Fsp3) is 0.429. The minimum Gasteiger partial charge on any atom is -0.379 e. The Kier molecular flexibility index (Phi) is 8.86. The molecule has 1 fully saturated rings. The Morgan fingerprint density at radius 2 is 1.87 bits per heavy atom. The Labute approximate surface area is 224 Å². The van der Waals surface area contributed by atoms with Gasteiger partial charge in [0, 0.05) is 56.5 Å². The molecule has 3 aromatic rings. The van der Waals surface area contributed by atoms with Crippen LogP contribution in [0.4, 0.5) is 5.69 Å². The molecule has 0 atom stereocenters. The number of sulfonamides is 1. The van der Waals surface area contributed by atoms with Crippen molar-refractivity contribution in [2.75, 3.05) is 50.8 Å². The number of pyridine rings is 1. The molecule has 0 aliphatic carbocycles. The van der Waals surface area contributed by atoms with E-state index in [1.54, 1.807) is 16.8 Å². The number of aryl methyl sites for hydroxylation is 2. The number of hydrogen-bond acceptors (Lipinski definition) is 6. The van der Waals surface area contributed by atoms with E-state index in [4.69, 9.17) is 4.74 Å². The van der Waals surface area contributed by atoms with Crippen molar-refractivity contribution in [3.05, 3.63) is 70.0 Å². The van der Waals surface area contributed by atoms with Crippen molar-refractivity contribution in [1.29, 1.82) is 0 Å². The molecule has 1 aromatic heterocycles. The predicted octanol–water partition coefficient (Wildman–Crippen LogP) is 3.00. The summed E-state index contributed by atoms with van der Waals surface area (Å²) in [6, 6.07) is 12.9. The third kappa shape index (κ3) is 5.92. The van der Waals surface area contributed by atoms with Gasteiger partial charge in [0.15, 0.2) is 0 Å². The first kappa shape index (κ1) is 27.8. The summed E-state index contributed by atoms with van der Waals surface area (Å²) in [5.41, 5.74) is 2.45. The second-order valence-corrected chi connectivity index (χ2v) is 11.3. The van der Waals surface area contributed by atoms with E-state index in [2.05, 4.69) is 42.3 Å². The highest BCUT2D eigenvalue weighted by molar-refractivity contribution is 7.89. The molecule has 0 radical (unpaired) electrons. The fourth-order valence-electron chi connectivity index (χ4n) is 4.76. The number of benzene rings is 2. The average molecular weight is 541 g/mol. The molecule has 1 aliphatic heterocycles. The first-order valence-corrected chi connectivity index (χ1v) is 14.5. The summed E-state index contributed by atoms with van der Waals surface area (Å²) in [4.78, 5) is 28.7. The summed E-state index contributed by atoms with van der Waals surface area (Å²) in [6.07, 6.45) is 2.27. The molecule has 2 aromatic carbocycles. The van der Waals surface area contributed by atoms with Crippen molar-refractivity contribution in [2.45, 2.75) is 38.6 Å². The molecule has 1 amide bonds. The van der Waals surface area contributed by atoms with Crippen LogP contribution in [0.5, 0.6) is 0 Å². The number of hydrogen-bond donors (Lipinski definition) is 1. The molecule has 0 saturated carbocycles. The Hall–Kier alpha value is -3.21. The smallest absolute Gasteiger partial charge is 0.256 e. The van der Waals surface area contributed by atoms with Crippen molar-refractivity contribution in [2.24, 2.45) is 0 Å². The van der Waals surface area contributed by atoms with Crippen LogP contribution < -0.4 is 15.6 Å². The van der Waals surface area contributed by atoms with Crippen LogP contribution in [0.25, 0.3) is 10.9 Å². The molecule has 4 rings (SSSR count). The first-order chi connectivity index (χ1) is 18.3. The molecule has 38 heavy (non-hydrogen) atoms. The van der Waals surface area contributed by atoms with Crippen LogP contribution >= 0.6 is 0 Å². The molecule has 204 valence electrons. The molecule has 2 heterocycles. The van der Waals surface area contributed by atoms with Crippen LogP contribution in [0.3, 0.4) is 0 Å². The monoisotopic (exact) mass is 540 g/mol. The molecule has 0 unspecified atom stereocenters. The number of carbonyl (C=O) groups excluding carboxylic acids is 1. The van der Waals surface area contributed by atoms with E-state index in [0.717, 1.165) is 18.8 Å². The van der Waals surface area contributed by atoms with Gasteiger partial charge in [-0.2, -0.15) is 4.31 Å². The average Bonchev–Trinajstić information content (AvgIpc) is 2.93. The summed E-state index contributed by atoms with van der Waals surface area (Å²) in [6.45, 7) is 9.81. The third-order valence-corrected chi connectivity index (χ3v) is 8.78. The highest BCUT2D eigenvalue weighted by Crippen LogP contribution is 2.22. The highest BCUT2D eigenvalue weighted by Gasteiger charge is 2.27. The van der Waals surface area contributed by atoms with Crippen molar-refractivity contribution >= 4 is 32.5 Å². The molecule has 1 saturated heterocycles. The summed E-state index contributed by atoms with van der Waals surface area (Å²) < 4.78 is 34.8. The number of aromatic nitrogens is 1. The van der Waals surface area contributed by atoms with Gasteiger partial charge in [0.1, 0.15) is 5.56 Å². The number of carbonyl (C=O) groups is 1. The van der Waals surface area contributed by atoms with E-state index in [1.165, 1.54) is 22.0 Å². The van der Waals surface area contributed by atoms with E-state index in [0.29, 0.717) is 38.2 Å². The van der Waals surface area contributed by atoms with Gasteiger partial charge in [0.25, 0.3) is 5.91 Å². The van der Waals surface area contributed by atoms with Gasteiger partial charge in [0.05, 0.1) is 23.6 Å². The van der Waals surface area contributed by atoms with Crippen molar-refractivity contribution in [3.63, 3.8) is 0 Å². The lowest BCUT2D eigenvalue weighted by Gasteiger charge is -2.26. The Bertz CT molecular complexity index is 1460. The van der Waals surface area contributed by atoms with Gasteiger partial charge in [-0.05, 0) is 63.1 Å². The van der Waals surface area contributed by atoms with Gasteiger partial charge in [-0.25, -0.2) is 8.42 Å². The maximum atomic E-state index is 13.4. The zero-order valence-electron chi connectivity index (χ0n) is 22.3. The number of nitrogens with one attached hydrogen (secondary N) is 1. The minimum atomic E-state index is -3.78. The maximum absolute atomic E-state index is 13.4. The SMILES string of the molecule is CCN(CCCNC(=O)c1cn(CC)c2ccc(S(=O)(=O)N3CCOCC3)cc2c1=O)c1cccc(C)c1. The van der Waals surface area contributed by atoms with Crippen LogP contribution in [0.15, 0.2) is 58.4 Å². The van der Waals surface area contributed by atoms with Gasteiger partial charge < -0.3 is 19.5 Å². The molecular formula is C28H36N4O5S. The summed E-state index contributed by atoms with van der Waals surface area (Å²) in [7, 11) is -3.78. The lowest BCUT2D eigenvalue weighted by Crippen LogP contribution is -2.40. The van der Waals surface area contributed by atoms with Crippen molar-refractivity contribution in [1.82, 2.24) is 14.2 Å². The van der Waals surface area contributed by atoms with E-state index in [1.807, 2.05) is 13.0 Å². The largest absolute Gasteiger partial charge is 0.379 e. The minimum absolute atomic E-state index is 0.00584. The number of nitrogens with zero attached hydrogens (tertiary/aromatic N) is 3. The third-order valence-electron chi connectivity index (χ3n) is 6.88. The molecule has 10 heteroatoms. The number of ether oxygens (including phenoxy) is 1. The molecule has 1 N–H and O–H groups in total. The number of amides is 1. The van der Waals surface area contributed by atoms with Gasteiger partial charge in [-0.3, -0.25) is 9.59 Å². The van der Waals surface area contributed by atoms with Crippen molar-refractivity contribution in [3.8, 4) is 0 Å². The number of rotatable bonds is 10. The van der Waals surface area contributed by atoms with Crippen LogP contribution in [0.1, 0.15) is 36.2 Å². The quantitative estimate of drug-likeness (QED) is 0.397. The second-order valence-electron chi connectivity index (χ2n) is 9.38. The summed E-state index contributed by atoms with van der Waals surface area (Å²) in [5, 5.41) is 3.09. The maximum Gasteiger partial charge on any atom is 0.256 e. The van der Waals surface area contributed by atoms with Gasteiger partial charge in [0.2, 0.25) is 15.5 Å². The van der Waals surface area contributed by atoms with E-state index in [9.17, 15) is 18.0 Å². The summed E-state index contributed by atoms with van der Waals surface area (Å²) in [5.74, 6) is -0.459. The zero-order valence-corrected chi connectivity index (χ0v) is 23.1. The molecule has 1 aliphatic rings. The Morgan fingerprint density at radius 1 is 1.11 bits per heavy atom. The predicted molar refractivity (Wildman–Crippen MR) is 149 cm³/mol. The molecule has 9 nitrogen and oxygen atoms in total. The van der Waals surface area contributed by atoms with Gasteiger partial charge in [-0.15, -0.1) is 0 Å². The van der Waals surface area contributed by atoms with Crippen LogP contribution in [0, 0.1) is 6.92 Å². The standard InChI is InChI=1S/C28H36N4O5S/c1-4-30(22-9-6-8-21(3)18-22)13-7-12-29-28(34)25-20-31(5-2)26-11-10-23(19-24(26)27(25)33)38(35,36)32-14-16-37-17-15-32/h6,8-11,18-20H,4-5,7,12-17H2,1-3H3,(H,29,34). The lowest BCUT2D eigenvalue weighted by atomic mass is 10.1. The molecule has 0 bridgehead atoms. The lowest BCUT2D eigenvalue weighted by molar-refractivity contribution is 0.0730. The van der Waals surface area contributed by atoms with Crippen molar-refractivity contribution < 1.29 is 17.9 Å². The van der Waals surface area contributed by atoms with E-state index < -0.39 is 21.4 Å². The number of morpholine rings is 1. The van der Waals surface area contributed by atoms with E-state index in [-0.39, 0.29) is 28.9 Å². The topological polar surface area (TPSA) is 101 Å². The fourth-order valence-corrected chi connectivity index (χ4v) is 6.19. The van der Waals surface area contributed by atoms with Crippen LogP contribution in [-0.2, 0) is 21.3 Å². The van der Waals surface area contributed by atoms with Crippen LogP contribution in [0.2, 0.25) is 0 Å². The number of fused-ring (bicyclic) bond motifs is 1. The Morgan fingerprint density at radius 3 is 2.55 bits per heavy atom. The summed E-state index contributed by atoms with van der Waals surface area (Å²) >= 11 is 0. The Balaban J connectivity index is 1.52. The molecular weight excluding hydrogens is 504 g/mol. The zero-order chi connectivity index (χ0) is 27.3. The van der Waals surface area contributed by atoms with Gasteiger partial charge in [-0.1, -0.05) is 12.1 Å². The van der Waals surface area contributed by atoms with Gasteiger partial charge >= 0.3 is 0 Å². The molecule has 0 spiro atoms. The first-order valence-electron chi connectivity index (χ1n) is 13.1. The van der Waals surface area contributed by atoms with Crippen LogP contribution in [-0.4, -0.2) is 69.1 Å². The van der Waals surface area contributed by atoms with E-state index >= 15 is 0 Å². The number of anilines is 1.